The van der Waals surface area contributed by atoms with Crippen LogP contribution in [-0.4, -0.2) is 47.5 Å². The molecule has 1 aromatic carbocycles. The standard InChI is InChI=1S/C15H19N3O2/c1-10-15(17-14-6-4-3-5-13(14)16-10)18-8-12(20-2)7-11(18)9-19/h3-6,11-12,19H,7-9H2,1-2H3/t11-,12-/m0/s1. The lowest BCUT2D eigenvalue weighted by Gasteiger charge is -2.25. The van der Waals surface area contributed by atoms with Gasteiger partial charge in [0.2, 0.25) is 0 Å². The van der Waals surface area contributed by atoms with Crippen LogP contribution in [-0.2, 0) is 4.74 Å². The number of rotatable bonds is 3. The van der Waals surface area contributed by atoms with Gasteiger partial charge in [0.25, 0.3) is 0 Å². The molecule has 106 valence electrons. The van der Waals surface area contributed by atoms with Gasteiger partial charge in [-0.05, 0) is 25.5 Å². The number of aromatic nitrogens is 2. The summed E-state index contributed by atoms with van der Waals surface area (Å²) in [7, 11) is 1.71. The first-order valence-corrected chi connectivity index (χ1v) is 6.86. The Hall–Kier alpha value is -1.72. The smallest absolute Gasteiger partial charge is 0.151 e. The highest BCUT2D eigenvalue weighted by Gasteiger charge is 2.33. The van der Waals surface area contributed by atoms with E-state index in [1.165, 1.54) is 0 Å². The number of ether oxygens (including phenoxy) is 1. The Kier molecular flexibility index (Phi) is 3.54. The van der Waals surface area contributed by atoms with Crippen LogP contribution in [0.2, 0.25) is 0 Å². The molecule has 5 heteroatoms. The van der Waals surface area contributed by atoms with Gasteiger partial charge in [0.15, 0.2) is 5.82 Å². The zero-order chi connectivity index (χ0) is 14.1. The number of aliphatic hydroxyl groups is 1. The Balaban J connectivity index is 2.02. The number of para-hydroxylation sites is 2. The molecule has 0 bridgehead atoms. The molecular formula is C15H19N3O2. The molecule has 1 aliphatic rings. The minimum Gasteiger partial charge on any atom is -0.394 e. The predicted molar refractivity (Wildman–Crippen MR) is 77.9 cm³/mol. The predicted octanol–water partition coefficient (Wildman–Crippen LogP) is 1.52. The van der Waals surface area contributed by atoms with Crippen molar-refractivity contribution in [2.24, 2.45) is 0 Å². The van der Waals surface area contributed by atoms with Crippen molar-refractivity contribution in [2.45, 2.75) is 25.5 Å². The lowest BCUT2D eigenvalue weighted by atomic mass is 10.2. The fourth-order valence-electron chi connectivity index (χ4n) is 2.83. The Labute approximate surface area is 118 Å². The molecule has 20 heavy (non-hydrogen) atoms. The number of methoxy groups -OCH3 is 1. The summed E-state index contributed by atoms with van der Waals surface area (Å²) in [5, 5.41) is 9.57. The van der Waals surface area contributed by atoms with Crippen LogP contribution in [0.1, 0.15) is 12.1 Å². The van der Waals surface area contributed by atoms with Crippen molar-refractivity contribution in [1.82, 2.24) is 9.97 Å². The molecule has 5 nitrogen and oxygen atoms in total. The van der Waals surface area contributed by atoms with Crippen molar-refractivity contribution in [2.75, 3.05) is 25.2 Å². The highest BCUT2D eigenvalue weighted by Crippen LogP contribution is 2.28. The van der Waals surface area contributed by atoms with Crippen LogP contribution in [0, 0.1) is 6.92 Å². The summed E-state index contributed by atoms with van der Waals surface area (Å²) in [4.78, 5) is 11.4. The molecule has 0 aliphatic carbocycles. The first-order chi connectivity index (χ1) is 9.72. The van der Waals surface area contributed by atoms with Crippen LogP contribution < -0.4 is 4.90 Å². The van der Waals surface area contributed by atoms with E-state index in [0.717, 1.165) is 35.5 Å². The zero-order valence-electron chi connectivity index (χ0n) is 11.8. The normalized spacial score (nSPS) is 22.6. The fourth-order valence-corrected chi connectivity index (χ4v) is 2.83. The molecule has 0 amide bonds. The topological polar surface area (TPSA) is 58.5 Å². The van der Waals surface area contributed by atoms with E-state index in [2.05, 4.69) is 9.88 Å². The third-order valence-electron chi connectivity index (χ3n) is 3.91. The van der Waals surface area contributed by atoms with Gasteiger partial charge in [-0.3, -0.25) is 0 Å². The van der Waals surface area contributed by atoms with Crippen molar-refractivity contribution in [3.05, 3.63) is 30.0 Å². The molecule has 0 radical (unpaired) electrons. The van der Waals surface area contributed by atoms with Crippen LogP contribution in [0.5, 0.6) is 0 Å². The summed E-state index contributed by atoms with van der Waals surface area (Å²) >= 11 is 0. The van der Waals surface area contributed by atoms with Gasteiger partial charge >= 0.3 is 0 Å². The van der Waals surface area contributed by atoms with Gasteiger partial charge in [-0.15, -0.1) is 0 Å². The molecule has 1 saturated heterocycles. The van der Waals surface area contributed by atoms with Crippen molar-refractivity contribution in [3.8, 4) is 0 Å². The monoisotopic (exact) mass is 273 g/mol. The molecule has 1 aliphatic heterocycles. The van der Waals surface area contributed by atoms with E-state index in [-0.39, 0.29) is 18.8 Å². The average molecular weight is 273 g/mol. The fraction of sp³-hybridized carbons (Fsp3) is 0.467. The molecule has 2 heterocycles. The molecule has 0 unspecified atom stereocenters. The van der Waals surface area contributed by atoms with E-state index >= 15 is 0 Å². The summed E-state index contributed by atoms with van der Waals surface area (Å²) in [5.74, 6) is 0.849. The first kappa shape index (κ1) is 13.3. The SMILES string of the molecule is CO[C@H]1C[C@@H](CO)N(c2nc3ccccc3nc2C)C1. The van der Waals surface area contributed by atoms with Crippen LogP contribution >= 0.6 is 0 Å². The second-order valence-corrected chi connectivity index (χ2v) is 5.20. The van der Waals surface area contributed by atoms with E-state index in [1.807, 2.05) is 31.2 Å². The van der Waals surface area contributed by atoms with Gasteiger partial charge in [-0.1, -0.05) is 12.1 Å². The molecule has 1 aromatic heterocycles. The molecule has 2 aromatic rings. The van der Waals surface area contributed by atoms with Gasteiger partial charge in [-0.2, -0.15) is 0 Å². The number of hydrogen-bond acceptors (Lipinski definition) is 5. The Bertz CT molecular complexity index is 617. The molecule has 2 atom stereocenters. The van der Waals surface area contributed by atoms with E-state index < -0.39 is 0 Å². The highest BCUT2D eigenvalue weighted by molar-refractivity contribution is 5.76. The molecule has 3 rings (SSSR count). The molecule has 1 N–H and O–H groups in total. The number of hydrogen-bond donors (Lipinski definition) is 1. The molecule has 1 fully saturated rings. The Morgan fingerprint density at radius 3 is 2.65 bits per heavy atom. The lowest BCUT2D eigenvalue weighted by Crippen LogP contribution is -2.34. The van der Waals surface area contributed by atoms with E-state index in [9.17, 15) is 5.11 Å². The maximum Gasteiger partial charge on any atom is 0.151 e. The molecule has 0 saturated carbocycles. The summed E-state index contributed by atoms with van der Waals surface area (Å²) in [6, 6.07) is 7.90. The Morgan fingerprint density at radius 2 is 2.00 bits per heavy atom. The number of aliphatic hydroxyl groups excluding tert-OH is 1. The first-order valence-electron chi connectivity index (χ1n) is 6.86. The second kappa shape index (κ2) is 5.34. The van der Waals surface area contributed by atoms with Crippen LogP contribution in [0.25, 0.3) is 11.0 Å². The van der Waals surface area contributed by atoms with Crippen molar-refractivity contribution < 1.29 is 9.84 Å². The van der Waals surface area contributed by atoms with Crippen LogP contribution in [0.15, 0.2) is 24.3 Å². The van der Waals surface area contributed by atoms with Crippen molar-refractivity contribution in [1.29, 1.82) is 0 Å². The lowest BCUT2D eigenvalue weighted by molar-refractivity contribution is 0.115. The largest absolute Gasteiger partial charge is 0.394 e. The number of benzene rings is 1. The van der Waals surface area contributed by atoms with Crippen molar-refractivity contribution >= 4 is 16.9 Å². The van der Waals surface area contributed by atoms with Gasteiger partial charge in [0, 0.05) is 13.7 Å². The summed E-state index contributed by atoms with van der Waals surface area (Å²) < 4.78 is 5.42. The summed E-state index contributed by atoms with van der Waals surface area (Å²) in [6.07, 6.45) is 0.959. The van der Waals surface area contributed by atoms with Crippen molar-refractivity contribution in [3.63, 3.8) is 0 Å². The summed E-state index contributed by atoms with van der Waals surface area (Å²) in [6.45, 7) is 2.81. The van der Waals surface area contributed by atoms with Crippen LogP contribution in [0.3, 0.4) is 0 Å². The van der Waals surface area contributed by atoms with Crippen LogP contribution in [0.4, 0.5) is 5.82 Å². The molecular weight excluding hydrogens is 254 g/mol. The zero-order valence-corrected chi connectivity index (χ0v) is 11.8. The quantitative estimate of drug-likeness (QED) is 0.919. The number of fused-ring (bicyclic) bond motifs is 1. The van der Waals surface area contributed by atoms with Gasteiger partial charge < -0.3 is 14.7 Å². The Morgan fingerprint density at radius 1 is 1.30 bits per heavy atom. The third-order valence-corrected chi connectivity index (χ3v) is 3.91. The van der Waals surface area contributed by atoms with Gasteiger partial charge in [-0.25, -0.2) is 9.97 Å². The molecule has 0 spiro atoms. The number of nitrogens with zero attached hydrogens (tertiary/aromatic N) is 3. The maximum absolute atomic E-state index is 9.57. The minimum absolute atomic E-state index is 0.0501. The van der Waals surface area contributed by atoms with E-state index in [1.54, 1.807) is 7.11 Å². The maximum atomic E-state index is 9.57. The van der Waals surface area contributed by atoms with Gasteiger partial charge in [0.05, 0.1) is 35.5 Å². The van der Waals surface area contributed by atoms with E-state index in [4.69, 9.17) is 9.72 Å². The summed E-state index contributed by atoms with van der Waals surface area (Å²) in [5.41, 5.74) is 2.67. The van der Waals surface area contributed by atoms with Gasteiger partial charge in [0.1, 0.15) is 0 Å². The van der Waals surface area contributed by atoms with E-state index in [0.29, 0.717) is 0 Å². The second-order valence-electron chi connectivity index (χ2n) is 5.20. The minimum atomic E-state index is 0.0501. The average Bonchev–Trinajstić information content (AvgIpc) is 2.89. The number of aryl methyl sites for hydroxylation is 1. The number of anilines is 1. The third kappa shape index (κ3) is 2.23. The highest BCUT2D eigenvalue weighted by atomic mass is 16.5.